The number of allylic oxidation sites excluding steroid dienone is 4. The number of aryl methyl sites for hydroxylation is 1. The second kappa shape index (κ2) is 13.5. The molecule has 52 heavy (non-hydrogen) atoms. The fraction of sp³-hybridized carbons (Fsp3) is 0.590. The molecular formula is C39H50N6O6S. The van der Waals surface area contributed by atoms with Gasteiger partial charge in [-0.15, -0.1) is 0 Å². The molecule has 2 amide bonds. The van der Waals surface area contributed by atoms with E-state index in [1.165, 1.54) is 55.8 Å². The van der Waals surface area contributed by atoms with Crippen molar-refractivity contribution in [3.05, 3.63) is 64.1 Å². The lowest BCUT2D eigenvalue weighted by molar-refractivity contribution is -0.139. The molecule has 4 heterocycles. The molecule has 2 aromatic heterocycles. The van der Waals surface area contributed by atoms with Gasteiger partial charge in [-0.25, -0.2) is 4.72 Å². The van der Waals surface area contributed by atoms with E-state index in [1.807, 2.05) is 17.0 Å². The third-order valence-electron chi connectivity index (χ3n) is 12.3. The van der Waals surface area contributed by atoms with Crippen molar-refractivity contribution in [2.24, 2.45) is 11.3 Å². The third-order valence-corrected chi connectivity index (χ3v) is 13.7. The van der Waals surface area contributed by atoms with Crippen LogP contribution in [0, 0.1) is 11.3 Å². The number of benzene rings is 1. The number of ether oxygens (including phenoxy) is 1. The van der Waals surface area contributed by atoms with Gasteiger partial charge in [0.25, 0.3) is 5.91 Å². The van der Waals surface area contributed by atoms with Crippen LogP contribution in [0.15, 0.2) is 40.1 Å². The number of carbonyl (C=O) groups is 2. The van der Waals surface area contributed by atoms with Gasteiger partial charge >= 0.3 is 10.2 Å². The van der Waals surface area contributed by atoms with E-state index in [4.69, 9.17) is 9.26 Å². The van der Waals surface area contributed by atoms with Gasteiger partial charge in [0.15, 0.2) is 5.82 Å². The Kier molecular flexibility index (Phi) is 9.08. The van der Waals surface area contributed by atoms with E-state index >= 15 is 0 Å². The molecule has 3 aliphatic carbocycles. The smallest absolute Gasteiger partial charge is 0.303 e. The van der Waals surface area contributed by atoms with Crippen molar-refractivity contribution < 1.29 is 27.3 Å². The van der Waals surface area contributed by atoms with Crippen LogP contribution in [-0.4, -0.2) is 78.4 Å². The topological polar surface area (TPSA) is 140 Å². The number of amides is 2. The Balaban J connectivity index is 1.20. The second-order valence-electron chi connectivity index (χ2n) is 15.7. The zero-order valence-electron chi connectivity index (χ0n) is 30.7. The van der Waals surface area contributed by atoms with Crippen molar-refractivity contribution in [3.8, 4) is 0 Å². The molecule has 1 N–H and O–H groups in total. The summed E-state index contributed by atoms with van der Waals surface area (Å²) >= 11 is 0. The van der Waals surface area contributed by atoms with Gasteiger partial charge in [-0.1, -0.05) is 37.4 Å². The predicted octanol–water partition coefficient (Wildman–Crippen LogP) is 6.06. The van der Waals surface area contributed by atoms with Crippen LogP contribution >= 0.6 is 0 Å². The Hall–Kier alpha value is -3.97. The van der Waals surface area contributed by atoms with E-state index in [9.17, 15) is 18.0 Å². The minimum atomic E-state index is -3.98. The van der Waals surface area contributed by atoms with Gasteiger partial charge in [0.05, 0.1) is 18.3 Å². The second-order valence-corrected chi connectivity index (χ2v) is 17.5. The number of fused-ring (bicyclic) bond motifs is 6. The van der Waals surface area contributed by atoms with E-state index < -0.39 is 21.5 Å². The Bertz CT molecular complexity index is 2080. The Labute approximate surface area is 305 Å². The van der Waals surface area contributed by atoms with Gasteiger partial charge in [0, 0.05) is 80.6 Å². The number of hydrogen-bond donors (Lipinski definition) is 1. The maximum absolute atomic E-state index is 14.9. The molecule has 2 atom stereocenters. The quantitative estimate of drug-likeness (QED) is 0.280. The number of piperidine rings is 1. The molecule has 2 saturated carbocycles. The molecule has 278 valence electrons. The van der Waals surface area contributed by atoms with Crippen LogP contribution in [0.2, 0.25) is 0 Å². The standard InChI is InChI=1S/C39H50N6O6S/c1-5-9-33-40-37(51-41-33)25-16-18-44(19-17-25)38(47)39-22-31(39)30-21-27(50-4)13-15-28(30)35-34(24-10-7-6-8-11-24)29-14-12-26(20-32(29)45(35)23-39)36(46)42-52(48,49)43(2)3/h12,14,20-21,24-25,31H,5-11,13,15-19,22-23H2,1-4H3,(H,42,46). The summed E-state index contributed by atoms with van der Waals surface area (Å²) in [6, 6.07) is 5.59. The molecule has 13 heteroatoms. The Morgan fingerprint density at radius 1 is 1.08 bits per heavy atom. The van der Waals surface area contributed by atoms with Gasteiger partial charge < -0.3 is 18.7 Å². The molecule has 2 aliphatic heterocycles. The van der Waals surface area contributed by atoms with Gasteiger partial charge in [-0.05, 0) is 85.8 Å². The van der Waals surface area contributed by atoms with Crippen LogP contribution in [0.25, 0.3) is 16.5 Å². The first-order valence-corrected chi connectivity index (χ1v) is 20.5. The highest BCUT2D eigenvalue weighted by Gasteiger charge is 2.64. The fourth-order valence-corrected chi connectivity index (χ4v) is 9.94. The van der Waals surface area contributed by atoms with Crippen molar-refractivity contribution in [1.82, 2.24) is 28.6 Å². The summed E-state index contributed by atoms with van der Waals surface area (Å²) in [5, 5.41) is 5.25. The van der Waals surface area contributed by atoms with E-state index in [0.29, 0.717) is 31.4 Å². The molecule has 3 fully saturated rings. The van der Waals surface area contributed by atoms with Crippen LogP contribution in [0.5, 0.6) is 0 Å². The van der Waals surface area contributed by atoms with Crippen LogP contribution in [0.3, 0.4) is 0 Å². The molecule has 0 spiro atoms. The molecule has 12 nitrogen and oxygen atoms in total. The zero-order valence-corrected chi connectivity index (χ0v) is 31.6. The van der Waals surface area contributed by atoms with E-state index in [0.717, 1.165) is 84.6 Å². The van der Waals surface area contributed by atoms with Gasteiger partial charge in [0.2, 0.25) is 11.8 Å². The Morgan fingerprint density at radius 2 is 1.85 bits per heavy atom. The number of aromatic nitrogens is 3. The first-order valence-electron chi connectivity index (χ1n) is 19.0. The number of methoxy groups -OCH3 is 1. The SMILES string of the molecule is CCCc1noc(C2CCN(C(=O)C34CC3C3=C(CCC(OC)=C3)c3c(C5CCCCC5)c5ccc(C(=O)NS(=O)(=O)N(C)C)cc5n3C4)CC2)n1. The molecular weight excluding hydrogens is 681 g/mol. The summed E-state index contributed by atoms with van der Waals surface area (Å²) in [6.45, 7) is 3.86. The minimum absolute atomic E-state index is 0.0663. The van der Waals surface area contributed by atoms with E-state index in [-0.39, 0.29) is 23.3 Å². The average Bonchev–Trinajstić information content (AvgIpc) is 3.58. The number of carbonyl (C=O) groups excluding carboxylic acids is 2. The molecule has 3 aromatic rings. The van der Waals surface area contributed by atoms with Crippen molar-refractivity contribution in [2.75, 3.05) is 34.3 Å². The van der Waals surface area contributed by atoms with Crippen LogP contribution in [-0.2, 0) is 32.7 Å². The summed E-state index contributed by atoms with van der Waals surface area (Å²) in [6.07, 6.45) is 13.6. The molecule has 8 rings (SSSR count). The highest BCUT2D eigenvalue weighted by atomic mass is 32.2. The van der Waals surface area contributed by atoms with Gasteiger partial charge in [0.1, 0.15) is 0 Å². The molecule has 1 saturated heterocycles. The summed E-state index contributed by atoms with van der Waals surface area (Å²) in [5.41, 5.74) is 5.54. The summed E-state index contributed by atoms with van der Waals surface area (Å²) < 4.78 is 42.3. The van der Waals surface area contributed by atoms with E-state index in [1.54, 1.807) is 13.2 Å². The zero-order chi connectivity index (χ0) is 36.4. The fourth-order valence-electron chi connectivity index (χ4n) is 9.41. The van der Waals surface area contributed by atoms with E-state index in [2.05, 4.69) is 32.4 Å². The van der Waals surface area contributed by atoms with Gasteiger partial charge in [-0.2, -0.15) is 17.7 Å². The van der Waals surface area contributed by atoms with Crippen LogP contribution < -0.4 is 4.72 Å². The normalized spacial score (nSPS) is 23.9. The molecule has 0 bridgehead atoms. The number of rotatable bonds is 9. The number of nitrogens with zero attached hydrogens (tertiary/aromatic N) is 5. The number of hydrogen-bond acceptors (Lipinski definition) is 8. The van der Waals surface area contributed by atoms with Crippen molar-refractivity contribution in [1.29, 1.82) is 0 Å². The highest BCUT2D eigenvalue weighted by Crippen LogP contribution is 2.64. The summed E-state index contributed by atoms with van der Waals surface area (Å²) in [5.74, 6) is 2.45. The molecule has 5 aliphatic rings. The summed E-state index contributed by atoms with van der Waals surface area (Å²) in [7, 11) is 0.528. The van der Waals surface area contributed by atoms with Crippen molar-refractivity contribution >= 4 is 38.5 Å². The first-order chi connectivity index (χ1) is 25.0. The van der Waals surface area contributed by atoms with Gasteiger partial charge in [-0.3, -0.25) is 9.59 Å². The lowest BCUT2D eigenvalue weighted by Gasteiger charge is -2.34. The number of likely N-dealkylation sites (tertiary alicyclic amines) is 1. The average molecular weight is 731 g/mol. The predicted molar refractivity (Wildman–Crippen MR) is 196 cm³/mol. The number of nitrogens with one attached hydrogen (secondary N) is 1. The third kappa shape index (κ3) is 5.97. The van der Waals surface area contributed by atoms with Crippen molar-refractivity contribution in [2.45, 2.75) is 102 Å². The van der Waals surface area contributed by atoms with Crippen molar-refractivity contribution in [3.63, 3.8) is 0 Å². The van der Waals surface area contributed by atoms with Crippen LogP contribution in [0.4, 0.5) is 0 Å². The largest absolute Gasteiger partial charge is 0.501 e. The monoisotopic (exact) mass is 730 g/mol. The maximum atomic E-state index is 14.9. The lowest BCUT2D eigenvalue weighted by Crippen LogP contribution is -2.44. The highest BCUT2D eigenvalue weighted by molar-refractivity contribution is 7.87. The lowest BCUT2D eigenvalue weighted by atomic mass is 9.79. The molecule has 0 radical (unpaired) electrons. The maximum Gasteiger partial charge on any atom is 0.303 e. The minimum Gasteiger partial charge on any atom is -0.501 e. The first kappa shape index (κ1) is 35.1. The molecule has 2 unspecified atom stereocenters. The Morgan fingerprint density at radius 3 is 2.56 bits per heavy atom. The summed E-state index contributed by atoms with van der Waals surface area (Å²) in [4.78, 5) is 35.1. The van der Waals surface area contributed by atoms with Crippen LogP contribution in [0.1, 0.15) is 123 Å². The molecule has 1 aromatic carbocycles.